The zero-order chi connectivity index (χ0) is 94.6. The molecule has 0 spiro atoms. The number of amides is 4. The predicted molar refractivity (Wildman–Crippen MR) is 535 cm³/mol. The topological polar surface area (TPSA) is 199 Å². The van der Waals surface area contributed by atoms with Crippen molar-refractivity contribution in [2.24, 2.45) is 51.4 Å². The van der Waals surface area contributed by atoms with Crippen LogP contribution in [0.15, 0.2) is 121 Å². The van der Waals surface area contributed by atoms with Crippen molar-refractivity contribution in [1.82, 2.24) is 42.8 Å². The summed E-state index contributed by atoms with van der Waals surface area (Å²) >= 11 is 53.4. The minimum absolute atomic E-state index is 0.0194. The van der Waals surface area contributed by atoms with Crippen LogP contribution in [-0.2, 0) is 53.9 Å². The van der Waals surface area contributed by atoms with Crippen LogP contribution in [0.25, 0.3) is 43.6 Å². The van der Waals surface area contributed by atoms with Crippen LogP contribution in [0.3, 0.4) is 0 Å². The number of hydrogen-bond donors (Lipinski definition) is 0. The largest absolute Gasteiger partial charge is 0.347 e. The second-order valence-corrected chi connectivity index (χ2v) is 40.1. The monoisotopic (exact) mass is 1910 g/mol. The van der Waals surface area contributed by atoms with Crippen molar-refractivity contribution >= 4 is 160 Å². The van der Waals surface area contributed by atoms with Crippen LogP contribution in [0.2, 0.25) is 40.2 Å². The van der Waals surface area contributed by atoms with Crippen LogP contribution < -0.4 is 0 Å². The SMILES string of the molecule is CCC(C)(C)C1CCN(C(=O)c2ccc(Cl)c(Cc3cc4c(C)cc(C#N)cc4n3C)c2Cl)CC1.CCC1CCN(C(=O)c2ccc(Cl)c(Cc3cc4c(C)cc(C#N)cc4n3C)c2Cl)CC1.Cc1cc(C#N)cc2c1cc(Cc1c(Cl)ccc(C(=O)N3CCC(N(C)C)CC3)c1Cl)n2C.Cc1cc(C#N)cc2c1cc(Cc1c(Cl)ccc(C(=O)N3CCCC(C)C3)c1Cl)n2C. The molecule has 0 aliphatic carbocycles. The van der Waals surface area contributed by atoms with E-state index in [2.05, 4.69) is 120 Å². The Morgan fingerprint density at radius 3 is 0.924 bits per heavy atom. The number of halogens is 8. The van der Waals surface area contributed by atoms with Gasteiger partial charge in [-0.05, 0) is 282 Å². The Morgan fingerprint density at radius 1 is 0.389 bits per heavy atom. The molecule has 4 aliphatic rings. The normalized spacial score (nSPS) is 15.2. The summed E-state index contributed by atoms with van der Waals surface area (Å²) in [6, 6.07) is 47.1. The highest BCUT2D eigenvalue weighted by Crippen LogP contribution is 2.43. The van der Waals surface area contributed by atoms with E-state index in [0.717, 1.165) is 227 Å². The van der Waals surface area contributed by atoms with Crippen molar-refractivity contribution in [3.63, 3.8) is 0 Å². The van der Waals surface area contributed by atoms with Gasteiger partial charge in [0.2, 0.25) is 0 Å². The van der Waals surface area contributed by atoms with Gasteiger partial charge in [0.15, 0.2) is 0 Å². The minimum Gasteiger partial charge on any atom is -0.347 e. The molecule has 4 fully saturated rings. The minimum atomic E-state index is -0.0401. The van der Waals surface area contributed by atoms with E-state index in [-0.39, 0.29) is 23.6 Å². The van der Waals surface area contributed by atoms with Gasteiger partial charge in [0, 0.05) is 199 Å². The third-order valence-electron chi connectivity index (χ3n) is 28.2. The summed E-state index contributed by atoms with van der Waals surface area (Å²) in [5, 5.41) is 45.6. The highest BCUT2D eigenvalue weighted by Gasteiger charge is 2.36. The van der Waals surface area contributed by atoms with E-state index in [4.69, 9.17) is 92.8 Å². The molecule has 17 nitrogen and oxygen atoms in total. The van der Waals surface area contributed by atoms with Crippen LogP contribution in [-0.4, -0.2) is 139 Å². The van der Waals surface area contributed by atoms with E-state index >= 15 is 0 Å². The van der Waals surface area contributed by atoms with E-state index in [9.17, 15) is 40.2 Å². The molecule has 0 bridgehead atoms. The van der Waals surface area contributed by atoms with Gasteiger partial charge in [-0.15, -0.1) is 0 Å². The summed E-state index contributed by atoms with van der Waals surface area (Å²) in [6.45, 7) is 25.3. The molecule has 682 valence electrons. The van der Waals surface area contributed by atoms with Gasteiger partial charge >= 0.3 is 0 Å². The standard InChI is InChI=1S/C29H33Cl2N3O.C26H28Cl2N4O.C26H27Cl2N3O.C25H25Cl2N3O/c1-6-29(3,4)20-9-11-34(12-10-20)28(35)22-7-8-25(30)24(27(22)31)16-21-15-23-18(2)13-19(17-32)14-26(23)33(21)5;1-16-11-17(15-29)12-24-21(16)13-19(31(24)4)14-22-23(27)6-5-20(25(22)28)26(33)32-9-7-18(8-10-32)30(2)3;1-4-17-7-9-31(10-8-17)26(32)20-5-6-23(27)22(25(20)28)14-19-13-21-16(2)11-18(15-29)12-24(21)30(19)3;1-15-5-4-8-30(14-15)25(31)19-6-7-22(26)21(24(19)27)12-18-11-20-16(2)9-17(13-28)10-23(20)29(18)3/h7-8,13-15,20H,6,9-12,16H2,1-5H3;5-6,11-13,18H,7-10,14H2,1-4H3;5-6,11-13,17H,4,7-10,14H2,1-3H3;6-7,9-11,15H,4-5,8,12,14H2,1-3H3. The van der Waals surface area contributed by atoms with Gasteiger partial charge in [0.05, 0.1) is 88.9 Å². The fourth-order valence-electron chi connectivity index (χ4n) is 19.4. The molecule has 8 heterocycles. The molecule has 1 unspecified atom stereocenters. The molecule has 16 rings (SSSR count). The fourth-order valence-corrected chi connectivity index (χ4v) is 21.7. The molecule has 1 atom stereocenters. The molecular formula is C106H113Cl8N13O4. The van der Waals surface area contributed by atoms with Crippen molar-refractivity contribution in [2.75, 3.05) is 66.5 Å². The lowest BCUT2D eigenvalue weighted by Crippen LogP contribution is -2.44. The Labute approximate surface area is 810 Å². The molecule has 131 heavy (non-hydrogen) atoms. The summed E-state index contributed by atoms with van der Waals surface area (Å²) in [5.74, 6) is 1.72. The van der Waals surface area contributed by atoms with Gasteiger partial charge in [0.1, 0.15) is 0 Å². The summed E-state index contributed by atoms with van der Waals surface area (Å²) in [5.41, 5.74) is 20.2. The molecule has 0 radical (unpaired) electrons. The van der Waals surface area contributed by atoms with Gasteiger partial charge in [-0.25, -0.2) is 0 Å². The Kier molecular flexibility index (Phi) is 31.7. The van der Waals surface area contributed by atoms with Crippen LogP contribution in [0.5, 0.6) is 0 Å². The number of carbonyl (C=O) groups excluding carboxylic acids is 4. The highest BCUT2D eigenvalue weighted by molar-refractivity contribution is 6.40. The zero-order valence-corrected chi connectivity index (χ0v) is 83.4. The first-order chi connectivity index (χ1) is 62.4. The first-order valence-electron chi connectivity index (χ1n) is 45.1. The predicted octanol–water partition coefficient (Wildman–Crippen LogP) is 25.6. The number of nitriles is 4. The third-order valence-corrected chi connectivity index (χ3v) is 31.3. The van der Waals surface area contributed by atoms with Crippen LogP contribution in [0.1, 0.15) is 230 Å². The Hall–Kier alpha value is -9.96. The molecule has 4 aromatic heterocycles. The molecule has 4 aliphatic heterocycles. The van der Waals surface area contributed by atoms with Gasteiger partial charge < -0.3 is 42.8 Å². The number of fused-ring (bicyclic) bond motifs is 4. The lowest BCUT2D eigenvalue weighted by molar-refractivity contribution is 0.0579. The van der Waals surface area contributed by atoms with Crippen molar-refractivity contribution < 1.29 is 19.2 Å². The highest BCUT2D eigenvalue weighted by atomic mass is 35.5. The second kappa shape index (κ2) is 42.1. The quantitative estimate of drug-likeness (QED) is 0.0903. The summed E-state index contributed by atoms with van der Waals surface area (Å²) in [4.78, 5) is 63.0. The van der Waals surface area contributed by atoms with E-state index in [1.54, 1.807) is 48.5 Å². The number of hydrogen-bond acceptors (Lipinski definition) is 9. The first-order valence-corrected chi connectivity index (χ1v) is 48.1. The van der Waals surface area contributed by atoms with E-state index in [1.165, 1.54) is 0 Å². The summed E-state index contributed by atoms with van der Waals surface area (Å²) < 4.78 is 8.28. The summed E-state index contributed by atoms with van der Waals surface area (Å²) in [6.07, 6.45) is 12.5. The number of nitrogens with zero attached hydrogens (tertiary/aromatic N) is 13. The molecule has 4 saturated heterocycles. The Morgan fingerprint density at radius 2 is 0.664 bits per heavy atom. The van der Waals surface area contributed by atoms with E-state index < -0.39 is 0 Å². The fraction of sp³-hybridized carbons (Fsp3) is 0.396. The number of aryl methyl sites for hydroxylation is 8. The number of likely N-dealkylation sites (tertiary alicyclic amines) is 4. The number of benzene rings is 8. The lowest BCUT2D eigenvalue weighted by atomic mass is 9.72. The molecule has 8 aromatic carbocycles. The number of carbonyl (C=O) groups is 4. The molecule has 0 saturated carbocycles. The van der Waals surface area contributed by atoms with Crippen molar-refractivity contribution in [1.29, 1.82) is 21.0 Å². The Bertz CT molecular complexity index is 6620. The van der Waals surface area contributed by atoms with Crippen LogP contribution >= 0.6 is 92.8 Å². The number of piperidine rings is 4. The Balaban J connectivity index is 0.000000149. The zero-order valence-electron chi connectivity index (χ0n) is 77.4. The van der Waals surface area contributed by atoms with Crippen LogP contribution in [0.4, 0.5) is 0 Å². The third kappa shape index (κ3) is 21.2. The smallest absolute Gasteiger partial charge is 0.255 e. The van der Waals surface area contributed by atoms with Gasteiger partial charge in [-0.2, -0.15) is 21.0 Å². The van der Waals surface area contributed by atoms with Gasteiger partial charge in [0.25, 0.3) is 23.6 Å². The second-order valence-electron chi connectivity index (χ2n) is 36.9. The average Bonchev–Trinajstić information content (AvgIpc) is 1.66. The van der Waals surface area contributed by atoms with Crippen molar-refractivity contribution in [3.8, 4) is 24.3 Å². The maximum Gasteiger partial charge on any atom is 0.255 e. The lowest BCUT2D eigenvalue weighted by Gasteiger charge is -2.40. The molecule has 4 amide bonds. The van der Waals surface area contributed by atoms with Crippen LogP contribution in [0, 0.1) is 96.2 Å². The maximum absolute atomic E-state index is 13.4. The van der Waals surface area contributed by atoms with Gasteiger partial charge in [-0.3, -0.25) is 19.2 Å². The molecule has 0 N–H and O–H groups in total. The number of aromatic nitrogens is 4. The first kappa shape index (κ1) is 98.5. The van der Waals surface area contributed by atoms with E-state index in [1.807, 2.05) is 124 Å². The van der Waals surface area contributed by atoms with Crippen molar-refractivity contribution in [3.05, 3.63) is 273 Å². The van der Waals surface area contributed by atoms with E-state index in [0.29, 0.717) is 140 Å². The molecule has 12 aromatic rings. The number of rotatable bonds is 16. The molecular weight excluding hydrogens is 1800 g/mol. The van der Waals surface area contributed by atoms with Crippen molar-refractivity contribution in [2.45, 2.75) is 158 Å². The van der Waals surface area contributed by atoms with Gasteiger partial charge in [-0.1, -0.05) is 140 Å². The summed E-state index contributed by atoms with van der Waals surface area (Å²) in [7, 11) is 12.1. The average molecular weight is 1920 g/mol. The maximum atomic E-state index is 13.4. The molecule has 25 heteroatoms.